The minimum Gasteiger partial charge on any atom is -0.463 e. The normalized spacial score (nSPS) is 33.0. The standard InChI is InChI=1S/C15H26NO6PS/c1-9-10(2)14-15(22-12(9)8-21-11(3)17)24-13(16-14)6-7-23(18,19-4)20-5/h9-10,12,14-15H,6-8H2,1-5H3/t9-,10-,12+,14+,15+/m0/s1. The second-order valence-corrected chi connectivity index (χ2v) is 9.72. The maximum atomic E-state index is 12.2. The summed E-state index contributed by atoms with van der Waals surface area (Å²) in [6.07, 6.45) is 0.707. The van der Waals surface area contributed by atoms with Gasteiger partial charge >= 0.3 is 13.6 Å². The first-order chi connectivity index (χ1) is 11.3. The molecule has 0 saturated carbocycles. The van der Waals surface area contributed by atoms with Gasteiger partial charge in [-0.2, -0.15) is 0 Å². The van der Waals surface area contributed by atoms with Crippen LogP contribution in [-0.4, -0.2) is 55.6 Å². The second-order valence-electron chi connectivity index (χ2n) is 6.14. The molecule has 2 aliphatic rings. The van der Waals surface area contributed by atoms with E-state index < -0.39 is 7.60 Å². The van der Waals surface area contributed by atoms with Gasteiger partial charge in [-0.3, -0.25) is 14.4 Å². The highest BCUT2D eigenvalue weighted by atomic mass is 32.2. The number of fused-ring (bicyclic) bond motifs is 1. The second kappa shape index (κ2) is 8.32. The third-order valence-corrected chi connectivity index (χ3v) is 7.78. The summed E-state index contributed by atoms with van der Waals surface area (Å²) in [4.78, 5) is 15.8. The minimum atomic E-state index is -3.03. The highest BCUT2D eigenvalue weighted by Gasteiger charge is 2.45. The van der Waals surface area contributed by atoms with Crippen molar-refractivity contribution in [1.29, 1.82) is 0 Å². The molecule has 5 atom stereocenters. The number of nitrogens with zero attached hydrogens (tertiary/aromatic N) is 1. The summed E-state index contributed by atoms with van der Waals surface area (Å²) in [7, 11) is -0.250. The summed E-state index contributed by atoms with van der Waals surface area (Å²) < 4.78 is 33.3. The van der Waals surface area contributed by atoms with E-state index in [0.29, 0.717) is 18.5 Å². The number of ether oxygens (including phenoxy) is 2. The van der Waals surface area contributed by atoms with Gasteiger partial charge in [0.1, 0.15) is 12.0 Å². The molecular weight excluding hydrogens is 353 g/mol. The van der Waals surface area contributed by atoms with Crippen molar-refractivity contribution in [2.24, 2.45) is 16.8 Å². The molecular formula is C15H26NO6PS. The number of rotatable bonds is 7. The molecule has 0 bridgehead atoms. The van der Waals surface area contributed by atoms with E-state index in [0.717, 1.165) is 5.04 Å². The molecule has 0 amide bonds. The number of hydrogen-bond acceptors (Lipinski definition) is 8. The van der Waals surface area contributed by atoms with Crippen molar-refractivity contribution in [3.8, 4) is 0 Å². The molecule has 0 unspecified atom stereocenters. The highest BCUT2D eigenvalue weighted by molar-refractivity contribution is 8.14. The van der Waals surface area contributed by atoms with Crippen molar-refractivity contribution < 1.29 is 27.9 Å². The number of esters is 1. The van der Waals surface area contributed by atoms with Crippen LogP contribution in [0.3, 0.4) is 0 Å². The topological polar surface area (TPSA) is 83.4 Å². The van der Waals surface area contributed by atoms with Gasteiger partial charge in [0.05, 0.1) is 23.4 Å². The Balaban J connectivity index is 1.96. The molecule has 7 nitrogen and oxygen atoms in total. The van der Waals surface area contributed by atoms with Crippen molar-refractivity contribution in [3.63, 3.8) is 0 Å². The Hall–Kier alpha value is -0.400. The van der Waals surface area contributed by atoms with Crippen LogP contribution in [0.2, 0.25) is 0 Å². The van der Waals surface area contributed by atoms with Crippen LogP contribution in [0.25, 0.3) is 0 Å². The van der Waals surface area contributed by atoms with Gasteiger partial charge < -0.3 is 18.5 Å². The molecule has 1 fully saturated rings. The molecule has 0 radical (unpaired) electrons. The van der Waals surface area contributed by atoms with Crippen LogP contribution < -0.4 is 0 Å². The van der Waals surface area contributed by atoms with Crippen LogP contribution in [0.15, 0.2) is 4.99 Å². The Morgan fingerprint density at radius 1 is 1.29 bits per heavy atom. The number of carbonyl (C=O) groups is 1. The van der Waals surface area contributed by atoms with Gasteiger partial charge in [0.15, 0.2) is 0 Å². The van der Waals surface area contributed by atoms with E-state index in [2.05, 4.69) is 13.8 Å². The van der Waals surface area contributed by atoms with Gasteiger partial charge in [-0.1, -0.05) is 25.6 Å². The number of hydrogen-bond donors (Lipinski definition) is 0. The summed E-state index contributed by atoms with van der Waals surface area (Å²) in [6, 6.07) is 0.0676. The Morgan fingerprint density at radius 3 is 2.54 bits per heavy atom. The summed E-state index contributed by atoms with van der Waals surface area (Å²) in [5.41, 5.74) is -0.0868. The van der Waals surface area contributed by atoms with E-state index in [4.69, 9.17) is 23.5 Å². The molecule has 0 aromatic heterocycles. The Labute approximate surface area is 147 Å². The SMILES string of the molecule is COP(=O)(CCC1=N[C@@H]2[C@@H](C)[C@H](C)[C@@H](COC(C)=O)O[C@@H]2S1)OC. The monoisotopic (exact) mass is 379 g/mol. The zero-order valence-electron chi connectivity index (χ0n) is 14.8. The zero-order valence-corrected chi connectivity index (χ0v) is 16.5. The van der Waals surface area contributed by atoms with Crippen LogP contribution >= 0.6 is 19.4 Å². The molecule has 24 heavy (non-hydrogen) atoms. The van der Waals surface area contributed by atoms with E-state index in [1.165, 1.54) is 21.1 Å². The van der Waals surface area contributed by atoms with Crippen LogP contribution in [0.4, 0.5) is 0 Å². The first kappa shape index (κ1) is 19.9. The molecule has 2 heterocycles. The van der Waals surface area contributed by atoms with Crippen LogP contribution in [0.1, 0.15) is 27.2 Å². The van der Waals surface area contributed by atoms with Crippen molar-refractivity contribution in [3.05, 3.63) is 0 Å². The molecule has 0 aliphatic carbocycles. The highest BCUT2D eigenvalue weighted by Crippen LogP contribution is 2.49. The third kappa shape index (κ3) is 4.61. The van der Waals surface area contributed by atoms with Crippen LogP contribution in [0, 0.1) is 11.8 Å². The molecule has 9 heteroatoms. The smallest absolute Gasteiger partial charge is 0.330 e. The number of thioether (sulfide) groups is 1. The molecule has 2 rings (SSSR count). The molecule has 0 spiro atoms. The largest absolute Gasteiger partial charge is 0.463 e. The first-order valence-corrected chi connectivity index (χ1v) is 10.6. The average Bonchev–Trinajstić information content (AvgIpc) is 2.98. The fraction of sp³-hybridized carbons (Fsp3) is 0.867. The molecule has 138 valence electrons. The van der Waals surface area contributed by atoms with Gasteiger partial charge in [0, 0.05) is 27.6 Å². The molecule has 0 N–H and O–H groups in total. The van der Waals surface area contributed by atoms with E-state index in [1.54, 1.807) is 11.8 Å². The maximum Gasteiger partial charge on any atom is 0.330 e. The van der Waals surface area contributed by atoms with Crippen molar-refractivity contribution >= 4 is 30.4 Å². The van der Waals surface area contributed by atoms with Crippen molar-refractivity contribution in [2.75, 3.05) is 27.0 Å². The predicted octanol–water partition coefficient (Wildman–Crippen LogP) is 2.94. The van der Waals surface area contributed by atoms with E-state index >= 15 is 0 Å². The molecule has 0 aromatic carbocycles. The lowest BCUT2D eigenvalue weighted by Gasteiger charge is -2.40. The maximum absolute atomic E-state index is 12.2. The van der Waals surface area contributed by atoms with Crippen molar-refractivity contribution in [1.82, 2.24) is 0 Å². The quantitative estimate of drug-likeness (QED) is 0.497. The van der Waals surface area contributed by atoms with Gasteiger partial charge in [-0.15, -0.1) is 0 Å². The fourth-order valence-electron chi connectivity index (χ4n) is 2.88. The van der Waals surface area contributed by atoms with Crippen LogP contribution in [0.5, 0.6) is 0 Å². The Bertz CT molecular complexity index is 534. The van der Waals surface area contributed by atoms with E-state index in [9.17, 15) is 9.36 Å². The lowest BCUT2D eigenvalue weighted by molar-refractivity contribution is -0.152. The predicted molar refractivity (Wildman–Crippen MR) is 93.5 cm³/mol. The lowest BCUT2D eigenvalue weighted by Crippen LogP contribution is -2.47. The Kier molecular flexibility index (Phi) is 6.90. The fourth-order valence-corrected chi connectivity index (χ4v) is 5.35. The van der Waals surface area contributed by atoms with E-state index in [1.807, 2.05) is 0 Å². The number of carbonyl (C=O) groups excluding carboxylic acids is 1. The summed E-state index contributed by atoms with van der Waals surface area (Å²) in [5, 5.41) is 0.909. The first-order valence-electron chi connectivity index (χ1n) is 8.02. The van der Waals surface area contributed by atoms with Gasteiger partial charge in [0.2, 0.25) is 0 Å². The van der Waals surface area contributed by atoms with Crippen LogP contribution in [-0.2, 0) is 27.9 Å². The minimum absolute atomic E-state index is 0.0676. The summed E-state index contributed by atoms with van der Waals surface area (Å²) >= 11 is 1.56. The Morgan fingerprint density at radius 2 is 1.96 bits per heavy atom. The van der Waals surface area contributed by atoms with Gasteiger partial charge in [-0.25, -0.2) is 0 Å². The molecule has 1 saturated heterocycles. The van der Waals surface area contributed by atoms with Crippen molar-refractivity contribution in [2.45, 2.75) is 44.8 Å². The van der Waals surface area contributed by atoms with Gasteiger partial charge in [-0.05, 0) is 11.8 Å². The van der Waals surface area contributed by atoms with Gasteiger partial charge in [0.25, 0.3) is 0 Å². The summed E-state index contributed by atoms with van der Waals surface area (Å²) in [6.45, 7) is 5.91. The lowest BCUT2D eigenvalue weighted by atomic mass is 9.83. The third-order valence-electron chi connectivity index (χ3n) is 4.69. The van der Waals surface area contributed by atoms with E-state index in [-0.39, 0.29) is 36.1 Å². The zero-order chi connectivity index (χ0) is 17.9. The molecule has 2 aliphatic heterocycles. The number of aliphatic imine (C=N–C) groups is 1. The average molecular weight is 379 g/mol. The molecule has 0 aromatic rings. The summed E-state index contributed by atoms with van der Waals surface area (Å²) in [5.74, 6) is 0.246.